The van der Waals surface area contributed by atoms with Crippen molar-refractivity contribution in [2.45, 2.75) is 13.8 Å². The number of rotatable bonds is 5. The normalized spacial score (nSPS) is 10.2. The van der Waals surface area contributed by atoms with Crippen molar-refractivity contribution in [2.75, 3.05) is 20.8 Å². The molecule has 0 aliphatic carbocycles. The average Bonchev–Trinajstić information content (AvgIpc) is 2.54. The van der Waals surface area contributed by atoms with Crippen molar-refractivity contribution >= 4 is 5.97 Å². The summed E-state index contributed by atoms with van der Waals surface area (Å²) in [6, 6.07) is 5.24. The van der Waals surface area contributed by atoms with E-state index in [1.54, 1.807) is 45.4 Å². The molecule has 0 aromatic carbocycles. The molecule has 0 fully saturated rings. The lowest BCUT2D eigenvalue weighted by Gasteiger charge is -2.10. The second-order valence-corrected chi connectivity index (χ2v) is 4.49. The van der Waals surface area contributed by atoms with E-state index in [2.05, 4.69) is 9.97 Å². The van der Waals surface area contributed by atoms with Gasteiger partial charge in [0.2, 0.25) is 0 Å². The first kappa shape index (κ1) is 15.8. The molecule has 0 amide bonds. The van der Waals surface area contributed by atoms with Gasteiger partial charge in [-0.15, -0.1) is 0 Å². The Morgan fingerprint density at radius 1 is 1.23 bits per heavy atom. The average molecular weight is 302 g/mol. The topological polar surface area (TPSA) is 70.5 Å². The van der Waals surface area contributed by atoms with Gasteiger partial charge in [0.15, 0.2) is 5.75 Å². The van der Waals surface area contributed by atoms with Gasteiger partial charge in [-0.2, -0.15) is 0 Å². The molecule has 0 atom stereocenters. The van der Waals surface area contributed by atoms with Gasteiger partial charge in [0.05, 0.1) is 37.8 Å². The fourth-order valence-electron chi connectivity index (χ4n) is 2.02. The Labute approximate surface area is 129 Å². The number of hydrogen-bond donors (Lipinski definition) is 0. The van der Waals surface area contributed by atoms with Gasteiger partial charge in [-0.1, -0.05) is 0 Å². The van der Waals surface area contributed by atoms with E-state index in [0.29, 0.717) is 35.2 Å². The van der Waals surface area contributed by atoms with Crippen LogP contribution in [0.25, 0.3) is 11.3 Å². The van der Waals surface area contributed by atoms with Gasteiger partial charge in [0, 0.05) is 11.8 Å². The van der Waals surface area contributed by atoms with Gasteiger partial charge in [0.25, 0.3) is 5.88 Å². The van der Waals surface area contributed by atoms with E-state index in [1.165, 1.54) is 7.11 Å². The molecule has 2 heterocycles. The molecule has 22 heavy (non-hydrogen) atoms. The van der Waals surface area contributed by atoms with Crippen LogP contribution in [0.4, 0.5) is 0 Å². The first-order valence-corrected chi connectivity index (χ1v) is 6.83. The minimum absolute atomic E-state index is 0.333. The quantitative estimate of drug-likeness (QED) is 0.791. The molecule has 0 spiro atoms. The number of aromatic nitrogens is 2. The van der Waals surface area contributed by atoms with E-state index in [0.717, 1.165) is 5.56 Å². The van der Waals surface area contributed by atoms with Crippen molar-refractivity contribution in [3.63, 3.8) is 0 Å². The Hall–Kier alpha value is -2.63. The number of pyridine rings is 2. The fraction of sp³-hybridized carbons (Fsp3) is 0.312. The van der Waals surface area contributed by atoms with Gasteiger partial charge in [-0.3, -0.25) is 4.98 Å². The van der Waals surface area contributed by atoms with Crippen molar-refractivity contribution in [3.05, 3.63) is 35.7 Å². The zero-order valence-electron chi connectivity index (χ0n) is 13.0. The van der Waals surface area contributed by atoms with Crippen LogP contribution in [0, 0.1) is 6.92 Å². The molecule has 0 radical (unpaired) electrons. The van der Waals surface area contributed by atoms with Crippen LogP contribution in [0.1, 0.15) is 23.0 Å². The monoisotopic (exact) mass is 302 g/mol. The van der Waals surface area contributed by atoms with Crippen LogP contribution in [0.3, 0.4) is 0 Å². The molecule has 0 aliphatic heterocycles. The summed E-state index contributed by atoms with van der Waals surface area (Å²) in [5.74, 6) is 0.560. The highest BCUT2D eigenvalue weighted by atomic mass is 16.5. The number of carbonyl (C=O) groups excluding carboxylic acids is 1. The van der Waals surface area contributed by atoms with Crippen LogP contribution in [-0.4, -0.2) is 36.8 Å². The van der Waals surface area contributed by atoms with E-state index < -0.39 is 0 Å². The van der Waals surface area contributed by atoms with E-state index in [1.807, 2.05) is 0 Å². The second-order valence-electron chi connectivity index (χ2n) is 4.49. The molecule has 0 saturated heterocycles. The van der Waals surface area contributed by atoms with Gasteiger partial charge < -0.3 is 14.2 Å². The predicted octanol–water partition coefficient (Wildman–Crippen LogP) is 2.65. The highest BCUT2D eigenvalue weighted by Gasteiger charge is 2.14. The molecular formula is C16H18N2O4. The summed E-state index contributed by atoms with van der Waals surface area (Å²) in [7, 11) is 3.08. The second kappa shape index (κ2) is 6.89. The Morgan fingerprint density at radius 2 is 2.00 bits per heavy atom. The van der Waals surface area contributed by atoms with E-state index in [-0.39, 0.29) is 5.97 Å². The first-order chi connectivity index (χ1) is 10.6. The van der Waals surface area contributed by atoms with Gasteiger partial charge in [0.1, 0.15) is 0 Å². The molecule has 0 unspecified atom stereocenters. The summed E-state index contributed by atoms with van der Waals surface area (Å²) in [4.78, 5) is 20.4. The van der Waals surface area contributed by atoms with Crippen LogP contribution in [0.15, 0.2) is 24.4 Å². The molecule has 0 saturated carbocycles. The SMILES string of the molecule is CCOC(=O)c1ccc(-c2cnc(OC)c(OC)c2)nc1C. The molecule has 2 aromatic rings. The third-order valence-corrected chi connectivity index (χ3v) is 3.11. The van der Waals surface area contributed by atoms with Gasteiger partial charge in [-0.05, 0) is 32.0 Å². The molecule has 0 N–H and O–H groups in total. The number of methoxy groups -OCH3 is 2. The number of esters is 1. The van der Waals surface area contributed by atoms with E-state index in [9.17, 15) is 4.79 Å². The number of hydrogen-bond acceptors (Lipinski definition) is 6. The summed E-state index contributed by atoms with van der Waals surface area (Å²) in [5, 5.41) is 0. The minimum atomic E-state index is -0.371. The van der Waals surface area contributed by atoms with Crippen LogP contribution < -0.4 is 9.47 Å². The van der Waals surface area contributed by atoms with Gasteiger partial charge >= 0.3 is 5.97 Å². The molecule has 6 nitrogen and oxygen atoms in total. The fourth-order valence-corrected chi connectivity index (χ4v) is 2.02. The lowest BCUT2D eigenvalue weighted by atomic mass is 10.1. The molecule has 116 valence electrons. The van der Waals surface area contributed by atoms with Crippen LogP contribution in [-0.2, 0) is 4.74 Å². The van der Waals surface area contributed by atoms with E-state index in [4.69, 9.17) is 14.2 Å². The van der Waals surface area contributed by atoms with Crippen molar-refractivity contribution < 1.29 is 19.0 Å². The Kier molecular flexibility index (Phi) is 4.93. The smallest absolute Gasteiger partial charge is 0.339 e. The lowest BCUT2D eigenvalue weighted by Crippen LogP contribution is -2.08. The zero-order chi connectivity index (χ0) is 16.1. The predicted molar refractivity (Wildman–Crippen MR) is 81.3 cm³/mol. The van der Waals surface area contributed by atoms with Crippen molar-refractivity contribution in [1.82, 2.24) is 9.97 Å². The van der Waals surface area contributed by atoms with Gasteiger partial charge in [-0.25, -0.2) is 9.78 Å². The lowest BCUT2D eigenvalue weighted by molar-refractivity contribution is 0.0525. The number of ether oxygens (including phenoxy) is 3. The third kappa shape index (κ3) is 3.16. The summed E-state index contributed by atoms with van der Waals surface area (Å²) < 4.78 is 15.3. The van der Waals surface area contributed by atoms with E-state index >= 15 is 0 Å². The Bertz CT molecular complexity index is 686. The van der Waals surface area contributed by atoms with Crippen molar-refractivity contribution in [2.24, 2.45) is 0 Å². The Balaban J connectivity index is 2.38. The number of aryl methyl sites for hydroxylation is 1. The Morgan fingerprint density at radius 3 is 2.59 bits per heavy atom. The number of nitrogens with zero attached hydrogens (tertiary/aromatic N) is 2. The maximum absolute atomic E-state index is 11.8. The standard InChI is InChI=1S/C16H18N2O4/c1-5-22-16(19)12-6-7-13(18-10(12)2)11-8-14(20-3)15(21-4)17-9-11/h6-9H,5H2,1-4H3. The highest BCUT2D eigenvalue weighted by Crippen LogP contribution is 2.29. The molecular weight excluding hydrogens is 284 g/mol. The van der Waals surface area contributed by atoms with Crippen LogP contribution in [0.5, 0.6) is 11.6 Å². The summed E-state index contributed by atoms with van der Waals surface area (Å²) in [6.45, 7) is 3.87. The third-order valence-electron chi connectivity index (χ3n) is 3.11. The molecule has 0 bridgehead atoms. The van der Waals surface area contributed by atoms with Crippen molar-refractivity contribution in [3.8, 4) is 22.9 Å². The largest absolute Gasteiger partial charge is 0.491 e. The molecule has 0 aliphatic rings. The summed E-state index contributed by atoms with van der Waals surface area (Å²) in [6.07, 6.45) is 1.65. The maximum atomic E-state index is 11.8. The molecule has 2 aromatic heterocycles. The molecule has 6 heteroatoms. The van der Waals surface area contributed by atoms with Crippen molar-refractivity contribution in [1.29, 1.82) is 0 Å². The summed E-state index contributed by atoms with van der Waals surface area (Å²) >= 11 is 0. The van der Waals surface area contributed by atoms with Crippen LogP contribution in [0.2, 0.25) is 0 Å². The number of carbonyl (C=O) groups is 1. The minimum Gasteiger partial charge on any atom is -0.491 e. The first-order valence-electron chi connectivity index (χ1n) is 6.83. The molecule has 2 rings (SSSR count). The zero-order valence-corrected chi connectivity index (χ0v) is 13.0. The highest BCUT2D eigenvalue weighted by molar-refractivity contribution is 5.90. The van der Waals surface area contributed by atoms with Crippen LogP contribution >= 0.6 is 0 Å². The maximum Gasteiger partial charge on any atom is 0.339 e. The summed E-state index contributed by atoms with van der Waals surface area (Å²) in [5.41, 5.74) is 2.53.